The van der Waals surface area contributed by atoms with Gasteiger partial charge in [0.25, 0.3) is 0 Å². The summed E-state index contributed by atoms with van der Waals surface area (Å²) in [5.74, 6) is 1.55. The molecule has 1 amide bonds. The van der Waals surface area contributed by atoms with Gasteiger partial charge in [0.1, 0.15) is 0 Å². The summed E-state index contributed by atoms with van der Waals surface area (Å²) in [6.45, 7) is 7.57. The fourth-order valence-electron chi connectivity index (χ4n) is 3.93. The molecule has 4 rings (SSSR count). The second-order valence-corrected chi connectivity index (χ2v) is 7.85. The Hall–Kier alpha value is -1.73. The highest BCUT2D eigenvalue weighted by Crippen LogP contribution is 2.29. The van der Waals surface area contributed by atoms with Crippen molar-refractivity contribution in [1.82, 2.24) is 24.7 Å². The summed E-state index contributed by atoms with van der Waals surface area (Å²) in [6, 6.07) is 0.515. The van der Waals surface area contributed by atoms with Crippen LogP contribution >= 0.6 is 0 Å². The zero-order valence-corrected chi connectivity index (χ0v) is 16.3. The average molecular weight is 361 g/mol. The summed E-state index contributed by atoms with van der Waals surface area (Å²) in [5, 5.41) is 3.22. The normalized spacial score (nSPS) is 23.7. The maximum Gasteiger partial charge on any atom is 0.236 e. The van der Waals surface area contributed by atoms with Crippen molar-refractivity contribution < 1.29 is 4.79 Å². The van der Waals surface area contributed by atoms with Gasteiger partial charge in [0.2, 0.25) is 11.9 Å². The van der Waals surface area contributed by atoms with E-state index in [1.807, 2.05) is 26.5 Å². The van der Waals surface area contributed by atoms with Crippen molar-refractivity contribution in [3.05, 3.63) is 18.0 Å². The third-order valence-electron chi connectivity index (χ3n) is 5.38. The minimum atomic E-state index is 0.196. The number of hydrogen-bond donors (Lipinski definition) is 1. The molecule has 7 heteroatoms. The first-order valence-corrected chi connectivity index (χ1v) is 9.76. The predicted molar refractivity (Wildman–Crippen MR) is 103 cm³/mol. The maximum atomic E-state index is 12.1. The van der Waals surface area contributed by atoms with Crippen molar-refractivity contribution in [2.45, 2.75) is 38.8 Å². The van der Waals surface area contributed by atoms with Crippen molar-refractivity contribution in [3.8, 4) is 0 Å². The van der Waals surface area contributed by atoms with Crippen LogP contribution in [-0.4, -0.2) is 83.4 Å². The Morgan fingerprint density at radius 1 is 1.23 bits per heavy atom. The molecule has 0 saturated carbocycles. The van der Waals surface area contributed by atoms with Crippen LogP contribution in [0.15, 0.2) is 12.4 Å². The first-order valence-electron chi connectivity index (χ1n) is 9.76. The second kappa shape index (κ2) is 8.77. The van der Waals surface area contributed by atoms with Gasteiger partial charge in [-0.3, -0.25) is 14.6 Å². The molecule has 2 atom stereocenters. The molecule has 0 aromatic carbocycles. The zero-order chi connectivity index (χ0) is 18.5. The molecule has 2 bridgehead atoms. The molecule has 1 N–H and O–H groups in total. The van der Waals surface area contributed by atoms with Crippen LogP contribution in [0.1, 0.15) is 31.7 Å². The summed E-state index contributed by atoms with van der Waals surface area (Å²) in [6.07, 6.45) is 7.43. The number of amides is 1. The van der Waals surface area contributed by atoms with Gasteiger partial charge in [0.05, 0.1) is 6.54 Å². The van der Waals surface area contributed by atoms with Crippen molar-refractivity contribution >= 4 is 11.9 Å². The van der Waals surface area contributed by atoms with E-state index < -0.39 is 0 Å². The third kappa shape index (κ3) is 4.92. The standard InChI is InChI=1S/C19H32N6O/c1-4-7-20-19-21-8-16(9-22-19)12-25-11-15-5-6-17(25)13-24(10-15)14-18(26)23(2)3/h8-9,15,17H,4-7,10-14H2,1-3H3,(H,20,21,22)/t15-,17+/m1/s1. The van der Waals surface area contributed by atoms with E-state index in [1.54, 1.807) is 4.90 Å². The van der Waals surface area contributed by atoms with Gasteiger partial charge in [0.15, 0.2) is 0 Å². The number of fused-ring (bicyclic) bond motifs is 4. The fraction of sp³-hybridized carbons (Fsp3) is 0.737. The van der Waals surface area contributed by atoms with Gasteiger partial charge in [0, 0.05) is 70.8 Å². The number of aromatic nitrogens is 2. The highest BCUT2D eigenvalue weighted by molar-refractivity contribution is 5.77. The number of anilines is 1. The van der Waals surface area contributed by atoms with E-state index in [-0.39, 0.29) is 5.91 Å². The van der Waals surface area contributed by atoms with Crippen molar-refractivity contribution in [2.24, 2.45) is 5.92 Å². The lowest BCUT2D eigenvalue weighted by molar-refractivity contribution is -0.130. The predicted octanol–water partition coefficient (Wildman–Crippen LogP) is 1.28. The number of carbonyl (C=O) groups excluding carboxylic acids is 1. The van der Waals surface area contributed by atoms with Crippen molar-refractivity contribution in [2.75, 3.05) is 52.1 Å². The maximum absolute atomic E-state index is 12.1. The smallest absolute Gasteiger partial charge is 0.236 e. The summed E-state index contributed by atoms with van der Waals surface area (Å²) < 4.78 is 0. The van der Waals surface area contributed by atoms with Crippen LogP contribution in [0.3, 0.4) is 0 Å². The Balaban J connectivity index is 1.59. The Bertz CT molecular complexity index is 590. The van der Waals surface area contributed by atoms with Crippen LogP contribution in [-0.2, 0) is 11.3 Å². The van der Waals surface area contributed by atoms with Crippen LogP contribution in [0.4, 0.5) is 5.95 Å². The Kier molecular flexibility index (Phi) is 6.43. The Morgan fingerprint density at radius 2 is 2.00 bits per heavy atom. The van der Waals surface area contributed by atoms with Gasteiger partial charge < -0.3 is 10.2 Å². The van der Waals surface area contributed by atoms with E-state index in [2.05, 4.69) is 32.0 Å². The number of rotatable bonds is 7. The van der Waals surface area contributed by atoms with E-state index in [4.69, 9.17) is 0 Å². The van der Waals surface area contributed by atoms with Crippen LogP contribution in [0.5, 0.6) is 0 Å². The number of likely N-dealkylation sites (N-methyl/N-ethyl adjacent to an activating group) is 1. The molecule has 1 aromatic rings. The van der Waals surface area contributed by atoms with Crippen LogP contribution in [0, 0.1) is 5.92 Å². The lowest BCUT2D eigenvalue weighted by Crippen LogP contribution is -2.44. The SMILES string of the molecule is CCCNc1ncc(CN2C[C@@H]3CC[C@H]2CN(CC(=O)N(C)C)C3)cn1. The molecule has 26 heavy (non-hydrogen) atoms. The summed E-state index contributed by atoms with van der Waals surface area (Å²) in [4.78, 5) is 27.5. The van der Waals surface area contributed by atoms with Gasteiger partial charge in [-0.2, -0.15) is 0 Å². The molecule has 0 radical (unpaired) electrons. The van der Waals surface area contributed by atoms with Gasteiger partial charge in [-0.1, -0.05) is 6.92 Å². The number of nitrogens with zero attached hydrogens (tertiary/aromatic N) is 5. The number of nitrogens with one attached hydrogen (secondary N) is 1. The highest BCUT2D eigenvalue weighted by Gasteiger charge is 2.35. The summed E-state index contributed by atoms with van der Waals surface area (Å²) in [7, 11) is 3.67. The van der Waals surface area contributed by atoms with Crippen molar-refractivity contribution in [1.29, 1.82) is 0 Å². The summed E-state index contributed by atoms with van der Waals surface area (Å²) in [5.41, 5.74) is 1.16. The molecule has 7 nitrogen and oxygen atoms in total. The second-order valence-electron chi connectivity index (χ2n) is 7.85. The zero-order valence-electron chi connectivity index (χ0n) is 16.3. The van der Waals surface area contributed by atoms with Crippen LogP contribution in [0.2, 0.25) is 0 Å². The van der Waals surface area contributed by atoms with E-state index >= 15 is 0 Å². The first kappa shape index (κ1) is 19.0. The summed E-state index contributed by atoms with van der Waals surface area (Å²) >= 11 is 0. The largest absolute Gasteiger partial charge is 0.354 e. The lowest BCUT2D eigenvalue weighted by Gasteiger charge is -2.36. The molecule has 0 unspecified atom stereocenters. The molecular formula is C19H32N6O. The van der Waals surface area contributed by atoms with Crippen molar-refractivity contribution in [3.63, 3.8) is 0 Å². The van der Waals surface area contributed by atoms with Gasteiger partial charge >= 0.3 is 0 Å². The quantitative estimate of drug-likeness (QED) is 0.790. The molecule has 0 spiro atoms. The molecule has 144 valence electrons. The highest BCUT2D eigenvalue weighted by atomic mass is 16.2. The molecule has 3 saturated heterocycles. The molecule has 0 aliphatic carbocycles. The minimum absolute atomic E-state index is 0.196. The van der Waals surface area contributed by atoms with E-state index in [9.17, 15) is 4.79 Å². The lowest BCUT2D eigenvalue weighted by atomic mass is 9.95. The Morgan fingerprint density at radius 3 is 2.69 bits per heavy atom. The first-order chi connectivity index (χ1) is 12.5. The number of hydrogen-bond acceptors (Lipinski definition) is 6. The van der Waals surface area contributed by atoms with Crippen LogP contribution < -0.4 is 5.32 Å². The third-order valence-corrected chi connectivity index (χ3v) is 5.38. The van der Waals surface area contributed by atoms with E-state index in [0.717, 1.165) is 44.7 Å². The van der Waals surface area contributed by atoms with Gasteiger partial charge in [-0.25, -0.2) is 9.97 Å². The van der Waals surface area contributed by atoms with Crippen LogP contribution in [0.25, 0.3) is 0 Å². The monoisotopic (exact) mass is 360 g/mol. The molecular weight excluding hydrogens is 328 g/mol. The molecule has 3 aliphatic heterocycles. The molecule has 1 aromatic heterocycles. The van der Waals surface area contributed by atoms with Gasteiger partial charge in [-0.15, -0.1) is 0 Å². The minimum Gasteiger partial charge on any atom is -0.354 e. The van der Waals surface area contributed by atoms with E-state index in [0.29, 0.717) is 24.5 Å². The molecule has 4 heterocycles. The van der Waals surface area contributed by atoms with Gasteiger partial charge in [-0.05, 0) is 25.2 Å². The molecule has 3 fully saturated rings. The Labute approximate surface area is 156 Å². The topological polar surface area (TPSA) is 64.6 Å². The molecule has 3 aliphatic rings. The number of piperidine rings is 1. The number of carbonyl (C=O) groups is 1. The average Bonchev–Trinajstić information content (AvgIpc) is 2.91. The van der Waals surface area contributed by atoms with E-state index in [1.165, 1.54) is 12.8 Å². The fourth-order valence-corrected chi connectivity index (χ4v) is 3.93.